The van der Waals surface area contributed by atoms with Gasteiger partial charge in [0.25, 0.3) is 5.91 Å². The van der Waals surface area contributed by atoms with E-state index in [-0.39, 0.29) is 12.0 Å². The number of hydrogen-bond acceptors (Lipinski definition) is 3. The fourth-order valence-corrected chi connectivity index (χ4v) is 2.76. The molecule has 1 amide bonds. The minimum atomic E-state index is -0.735. The molecule has 0 fully saturated rings. The molecule has 2 aromatic carbocycles. The van der Waals surface area contributed by atoms with Crippen molar-refractivity contribution in [3.8, 4) is 0 Å². The summed E-state index contributed by atoms with van der Waals surface area (Å²) in [6, 6.07) is 10.2. The van der Waals surface area contributed by atoms with E-state index >= 15 is 0 Å². The van der Waals surface area contributed by atoms with E-state index in [9.17, 15) is 14.0 Å². The molecule has 0 radical (unpaired) electrons. The van der Waals surface area contributed by atoms with Crippen molar-refractivity contribution in [2.45, 2.75) is 12.5 Å². The molecule has 0 spiro atoms. The number of esters is 1. The maximum Gasteiger partial charge on any atom is 0.307 e. The molecule has 0 aliphatic rings. The Hall–Kier alpha value is -1.92. The van der Waals surface area contributed by atoms with Crippen molar-refractivity contribution < 1.29 is 18.7 Å². The van der Waals surface area contributed by atoms with E-state index in [1.54, 1.807) is 30.3 Å². The molecule has 1 N–H and O–H groups in total. The van der Waals surface area contributed by atoms with Gasteiger partial charge < -0.3 is 10.1 Å². The second-order valence-corrected chi connectivity index (χ2v) is 6.27. The van der Waals surface area contributed by atoms with Crippen molar-refractivity contribution in [3.63, 3.8) is 0 Å². The summed E-state index contributed by atoms with van der Waals surface area (Å²) in [5.74, 6) is -1.83. The SMILES string of the molecule is COC(=O)CC(NC(=O)c1ccc(Br)cc1F)c1ccccc1Cl. The minimum Gasteiger partial charge on any atom is -0.469 e. The maximum absolute atomic E-state index is 14.0. The predicted molar refractivity (Wildman–Crippen MR) is 92.4 cm³/mol. The van der Waals surface area contributed by atoms with Crippen LogP contribution in [-0.4, -0.2) is 19.0 Å². The van der Waals surface area contributed by atoms with Crippen molar-refractivity contribution in [3.05, 3.63) is 68.9 Å². The van der Waals surface area contributed by atoms with Crippen LogP contribution in [0.2, 0.25) is 5.02 Å². The molecule has 0 saturated carbocycles. The molecule has 24 heavy (non-hydrogen) atoms. The van der Waals surface area contributed by atoms with Crippen molar-refractivity contribution in [2.75, 3.05) is 7.11 Å². The summed E-state index contributed by atoms with van der Waals surface area (Å²) in [5.41, 5.74) is 0.426. The minimum absolute atomic E-state index is 0.121. The highest BCUT2D eigenvalue weighted by Crippen LogP contribution is 2.26. The summed E-state index contributed by atoms with van der Waals surface area (Å²) in [6.07, 6.45) is -0.121. The second kappa shape index (κ2) is 8.26. The summed E-state index contributed by atoms with van der Waals surface area (Å²) < 4.78 is 19.1. The number of benzene rings is 2. The quantitative estimate of drug-likeness (QED) is 0.743. The standard InChI is InChI=1S/C17H14BrClFNO3/c1-24-16(22)9-15(11-4-2-3-5-13(11)19)21-17(23)12-7-6-10(18)8-14(12)20/h2-8,15H,9H2,1H3,(H,21,23). The van der Waals surface area contributed by atoms with Crippen molar-refractivity contribution in [1.29, 1.82) is 0 Å². The molecule has 1 unspecified atom stereocenters. The van der Waals surface area contributed by atoms with Crippen LogP contribution in [0.25, 0.3) is 0 Å². The second-order valence-electron chi connectivity index (χ2n) is 4.95. The van der Waals surface area contributed by atoms with Crippen LogP contribution in [0.4, 0.5) is 4.39 Å². The lowest BCUT2D eigenvalue weighted by molar-refractivity contribution is -0.141. The van der Waals surface area contributed by atoms with Gasteiger partial charge in [0.15, 0.2) is 0 Å². The number of carbonyl (C=O) groups is 2. The van der Waals surface area contributed by atoms with E-state index in [2.05, 4.69) is 26.0 Å². The van der Waals surface area contributed by atoms with E-state index < -0.39 is 23.7 Å². The molecule has 0 aliphatic carbocycles. The number of halogens is 3. The number of carbonyl (C=O) groups excluding carboxylic acids is 2. The van der Waals surface area contributed by atoms with Crippen LogP contribution >= 0.6 is 27.5 Å². The topological polar surface area (TPSA) is 55.4 Å². The third-order valence-electron chi connectivity index (χ3n) is 3.36. The number of nitrogens with one attached hydrogen (secondary N) is 1. The highest BCUT2D eigenvalue weighted by molar-refractivity contribution is 9.10. The summed E-state index contributed by atoms with van der Waals surface area (Å²) in [7, 11) is 1.25. The Kier molecular flexibility index (Phi) is 6.34. The average Bonchev–Trinajstić information content (AvgIpc) is 2.54. The van der Waals surface area contributed by atoms with Crippen LogP contribution < -0.4 is 5.32 Å². The molecule has 0 saturated heterocycles. The third-order valence-corrected chi connectivity index (χ3v) is 4.20. The van der Waals surface area contributed by atoms with Crippen LogP contribution in [0.15, 0.2) is 46.9 Å². The van der Waals surface area contributed by atoms with Gasteiger partial charge in [-0.2, -0.15) is 0 Å². The molecule has 0 aromatic heterocycles. The zero-order valence-corrected chi connectivity index (χ0v) is 15.0. The summed E-state index contributed by atoms with van der Waals surface area (Å²) in [5, 5.41) is 3.03. The summed E-state index contributed by atoms with van der Waals surface area (Å²) in [4.78, 5) is 24.0. The van der Waals surface area contributed by atoms with E-state index in [0.29, 0.717) is 15.1 Å². The summed E-state index contributed by atoms with van der Waals surface area (Å²) in [6.45, 7) is 0. The largest absolute Gasteiger partial charge is 0.469 e. The van der Waals surface area contributed by atoms with Gasteiger partial charge in [0, 0.05) is 9.50 Å². The molecule has 7 heteroatoms. The van der Waals surface area contributed by atoms with Crippen LogP contribution in [0.1, 0.15) is 28.4 Å². The van der Waals surface area contributed by atoms with Crippen molar-refractivity contribution in [2.24, 2.45) is 0 Å². The first-order valence-electron chi connectivity index (χ1n) is 6.99. The number of hydrogen-bond donors (Lipinski definition) is 1. The summed E-state index contributed by atoms with van der Waals surface area (Å²) >= 11 is 9.28. The Morgan fingerprint density at radius 1 is 1.29 bits per heavy atom. The van der Waals surface area contributed by atoms with Crippen LogP contribution in [0.5, 0.6) is 0 Å². The van der Waals surface area contributed by atoms with Gasteiger partial charge in [-0.15, -0.1) is 0 Å². The zero-order valence-electron chi connectivity index (χ0n) is 12.7. The van der Waals surface area contributed by atoms with Gasteiger partial charge in [-0.05, 0) is 29.8 Å². The fraction of sp³-hybridized carbons (Fsp3) is 0.176. The predicted octanol–water partition coefficient (Wildman–Crippen LogP) is 4.28. The lowest BCUT2D eigenvalue weighted by atomic mass is 10.0. The normalized spacial score (nSPS) is 11.7. The smallest absolute Gasteiger partial charge is 0.307 e. The molecule has 4 nitrogen and oxygen atoms in total. The maximum atomic E-state index is 14.0. The lowest BCUT2D eigenvalue weighted by Gasteiger charge is -2.19. The van der Waals surface area contributed by atoms with Crippen molar-refractivity contribution in [1.82, 2.24) is 5.32 Å². The molecule has 126 valence electrons. The first-order valence-corrected chi connectivity index (χ1v) is 8.16. The van der Waals surface area contributed by atoms with Gasteiger partial charge in [0.1, 0.15) is 5.82 Å². The van der Waals surface area contributed by atoms with E-state index in [1.165, 1.54) is 19.2 Å². The van der Waals surface area contributed by atoms with Crippen LogP contribution in [0.3, 0.4) is 0 Å². The molecule has 2 rings (SSSR count). The van der Waals surface area contributed by atoms with Gasteiger partial charge >= 0.3 is 5.97 Å². The van der Waals surface area contributed by atoms with Crippen molar-refractivity contribution >= 4 is 39.4 Å². The lowest BCUT2D eigenvalue weighted by Crippen LogP contribution is -2.31. The van der Waals surface area contributed by atoms with Crippen LogP contribution in [0, 0.1) is 5.82 Å². The van der Waals surface area contributed by atoms with Gasteiger partial charge in [-0.25, -0.2) is 4.39 Å². The zero-order chi connectivity index (χ0) is 17.7. The first kappa shape index (κ1) is 18.4. The fourth-order valence-electron chi connectivity index (χ4n) is 2.16. The Labute approximate surface area is 152 Å². The molecule has 0 aliphatic heterocycles. The highest BCUT2D eigenvalue weighted by Gasteiger charge is 2.23. The average molecular weight is 415 g/mol. The molecule has 0 heterocycles. The molecular weight excluding hydrogens is 401 g/mol. The number of methoxy groups -OCH3 is 1. The number of ether oxygens (including phenoxy) is 1. The van der Waals surface area contributed by atoms with E-state index in [1.807, 2.05) is 0 Å². The van der Waals surface area contributed by atoms with E-state index in [4.69, 9.17) is 11.6 Å². The molecule has 2 aromatic rings. The molecule has 0 bridgehead atoms. The Balaban J connectivity index is 2.29. The number of amides is 1. The molecular formula is C17H14BrClFNO3. The van der Waals surface area contributed by atoms with Gasteiger partial charge in [0.2, 0.25) is 0 Å². The Bertz CT molecular complexity index is 769. The molecule has 1 atom stereocenters. The van der Waals surface area contributed by atoms with Gasteiger partial charge in [0.05, 0.1) is 25.1 Å². The number of rotatable bonds is 5. The van der Waals surface area contributed by atoms with E-state index in [0.717, 1.165) is 0 Å². The Morgan fingerprint density at radius 2 is 2.00 bits per heavy atom. The Morgan fingerprint density at radius 3 is 2.62 bits per heavy atom. The third kappa shape index (κ3) is 4.55. The van der Waals surface area contributed by atoms with Gasteiger partial charge in [-0.1, -0.05) is 45.7 Å². The first-order chi connectivity index (χ1) is 11.4. The van der Waals surface area contributed by atoms with Gasteiger partial charge in [-0.3, -0.25) is 9.59 Å². The van der Waals surface area contributed by atoms with Crippen LogP contribution in [-0.2, 0) is 9.53 Å². The monoisotopic (exact) mass is 413 g/mol. The highest BCUT2D eigenvalue weighted by atomic mass is 79.9.